The number of rotatable bonds is 1. The Morgan fingerprint density at radius 1 is 0.630 bits per heavy atom. The average Bonchev–Trinajstić information content (AvgIpc) is 2.97. The van der Waals surface area contributed by atoms with E-state index in [0.29, 0.717) is 5.69 Å². The molecule has 130 valence electrons. The highest BCUT2D eigenvalue weighted by Crippen LogP contribution is 2.42. The van der Waals surface area contributed by atoms with Gasteiger partial charge in [0.25, 0.3) is 11.8 Å². The molecule has 1 heterocycles. The van der Waals surface area contributed by atoms with E-state index in [4.69, 9.17) is 0 Å². The molecule has 0 bridgehead atoms. The van der Waals surface area contributed by atoms with Crippen molar-refractivity contribution < 1.29 is 9.59 Å². The summed E-state index contributed by atoms with van der Waals surface area (Å²) < 4.78 is 0. The highest BCUT2D eigenvalue weighted by molar-refractivity contribution is 6.36. The highest BCUT2D eigenvalue weighted by Gasteiger charge is 2.40. The summed E-state index contributed by atoms with van der Waals surface area (Å²) in [4.78, 5) is 27.5. The van der Waals surface area contributed by atoms with Crippen LogP contribution in [0, 0.1) is 0 Å². The van der Waals surface area contributed by atoms with E-state index in [2.05, 4.69) is 42.5 Å². The molecule has 0 radical (unpaired) electrons. The summed E-state index contributed by atoms with van der Waals surface area (Å²) in [5.74, 6) is -0.241. The standard InChI is InChI=1S/C24H17NO2/c26-23-17-6-1-2-7-18(17)24(27)25(23)20-13-11-16-9-8-14-4-3-5-15-10-12-19(20)22(16)21(14)15/h3-5,8-13H,1-2,6-7H2. The molecule has 27 heavy (non-hydrogen) atoms. The van der Waals surface area contributed by atoms with Crippen LogP contribution >= 0.6 is 0 Å². The summed E-state index contributed by atoms with van der Waals surface area (Å²) in [6.07, 6.45) is 3.43. The average molecular weight is 351 g/mol. The monoisotopic (exact) mass is 351 g/mol. The van der Waals surface area contributed by atoms with Crippen molar-refractivity contribution >= 4 is 49.8 Å². The van der Waals surface area contributed by atoms with Crippen LogP contribution in [0.1, 0.15) is 25.7 Å². The second-order valence-corrected chi connectivity index (χ2v) is 7.55. The third-order valence-electron chi connectivity index (χ3n) is 6.14. The second-order valence-electron chi connectivity index (χ2n) is 7.55. The highest BCUT2D eigenvalue weighted by atomic mass is 16.2. The van der Waals surface area contributed by atoms with Crippen LogP contribution in [0.3, 0.4) is 0 Å². The number of carbonyl (C=O) groups excluding carboxylic acids is 2. The van der Waals surface area contributed by atoms with Gasteiger partial charge in [-0.3, -0.25) is 9.59 Å². The van der Waals surface area contributed by atoms with Crippen LogP contribution in [-0.2, 0) is 9.59 Å². The molecule has 6 rings (SSSR count). The molecule has 2 aliphatic rings. The van der Waals surface area contributed by atoms with E-state index >= 15 is 0 Å². The van der Waals surface area contributed by atoms with Gasteiger partial charge in [-0.1, -0.05) is 48.5 Å². The fourth-order valence-electron chi connectivity index (χ4n) is 4.87. The first kappa shape index (κ1) is 14.9. The van der Waals surface area contributed by atoms with Gasteiger partial charge < -0.3 is 0 Å². The Hall–Kier alpha value is -3.20. The Labute approximate surface area is 156 Å². The van der Waals surface area contributed by atoms with Gasteiger partial charge in [-0.2, -0.15) is 0 Å². The van der Waals surface area contributed by atoms with Crippen molar-refractivity contribution in [1.29, 1.82) is 0 Å². The Balaban J connectivity index is 1.65. The smallest absolute Gasteiger partial charge is 0.261 e. The third-order valence-corrected chi connectivity index (χ3v) is 6.14. The lowest BCUT2D eigenvalue weighted by molar-refractivity contribution is -0.120. The maximum atomic E-state index is 13.1. The summed E-state index contributed by atoms with van der Waals surface area (Å²) in [6, 6.07) is 18.6. The Morgan fingerprint density at radius 3 is 1.85 bits per heavy atom. The van der Waals surface area contributed by atoms with Gasteiger partial charge in [-0.25, -0.2) is 4.90 Å². The molecule has 4 aromatic carbocycles. The van der Waals surface area contributed by atoms with E-state index in [1.807, 2.05) is 12.1 Å². The van der Waals surface area contributed by atoms with Gasteiger partial charge in [0.05, 0.1) is 5.69 Å². The van der Waals surface area contributed by atoms with E-state index in [1.54, 1.807) is 0 Å². The minimum atomic E-state index is -0.121. The Kier molecular flexibility index (Phi) is 2.85. The van der Waals surface area contributed by atoms with E-state index < -0.39 is 0 Å². The maximum Gasteiger partial charge on any atom is 0.261 e. The SMILES string of the molecule is O=C1C2=C(CCCC2)C(=O)N1c1ccc2ccc3cccc4ccc1c2c34. The van der Waals surface area contributed by atoms with Crippen LogP contribution in [0.15, 0.2) is 65.7 Å². The lowest BCUT2D eigenvalue weighted by atomic mass is 9.93. The fourth-order valence-corrected chi connectivity index (χ4v) is 4.87. The van der Waals surface area contributed by atoms with Crippen LogP contribution < -0.4 is 4.90 Å². The van der Waals surface area contributed by atoms with Crippen molar-refractivity contribution in [3.05, 3.63) is 65.7 Å². The molecule has 0 aromatic heterocycles. The summed E-state index contributed by atoms with van der Waals surface area (Å²) in [6.45, 7) is 0. The summed E-state index contributed by atoms with van der Waals surface area (Å²) in [7, 11) is 0. The van der Waals surface area contributed by atoms with Crippen LogP contribution in [0.2, 0.25) is 0 Å². The molecule has 0 fully saturated rings. The predicted molar refractivity (Wildman–Crippen MR) is 108 cm³/mol. The van der Waals surface area contributed by atoms with E-state index in [-0.39, 0.29) is 11.8 Å². The van der Waals surface area contributed by atoms with Crippen molar-refractivity contribution in [2.24, 2.45) is 0 Å². The van der Waals surface area contributed by atoms with E-state index in [9.17, 15) is 9.59 Å². The van der Waals surface area contributed by atoms with Crippen LogP contribution in [-0.4, -0.2) is 11.8 Å². The van der Waals surface area contributed by atoms with E-state index in [0.717, 1.165) is 53.0 Å². The minimum absolute atomic E-state index is 0.121. The maximum absolute atomic E-state index is 13.1. The summed E-state index contributed by atoms with van der Waals surface area (Å²) in [5, 5.41) is 6.80. The lowest BCUT2D eigenvalue weighted by Gasteiger charge is -2.20. The zero-order valence-electron chi connectivity index (χ0n) is 14.8. The van der Waals surface area contributed by atoms with E-state index in [1.165, 1.54) is 21.1 Å². The molecule has 0 spiro atoms. The molecule has 0 N–H and O–H groups in total. The number of imide groups is 1. The van der Waals surface area contributed by atoms with Gasteiger partial charge in [-0.15, -0.1) is 0 Å². The van der Waals surface area contributed by atoms with Crippen LogP contribution in [0.5, 0.6) is 0 Å². The predicted octanol–water partition coefficient (Wildman–Crippen LogP) is 5.33. The summed E-state index contributed by atoms with van der Waals surface area (Å²) in [5.41, 5.74) is 2.18. The zero-order chi connectivity index (χ0) is 18.1. The molecule has 4 aromatic rings. The zero-order valence-corrected chi connectivity index (χ0v) is 14.8. The minimum Gasteiger partial charge on any atom is -0.269 e. The van der Waals surface area contributed by atoms with Crippen molar-refractivity contribution in [2.75, 3.05) is 4.90 Å². The van der Waals surface area contributed by atoms with Crippen molar-refractivity contribution in [1.82, 2.24) is 0 Å². The Morgan fingerprint density at radius 2 is 1.19 bits per heavy atom. The van der Waals surface area contributed by atoms with Crippen molar-refractivity contribution in [2.45, 2.75) is 25.7 Å². The summed E-state index contributed by atoms with van der Waals surface area (Å²) >= 11 is 0. The number of benzene rings is 4. The molecule has 0 saturated heterocycles. The molecular weight excluding hydrogens is 334 g/mol. The quantitative estimate of drug-likeness (QED) is 0.343. The topological polar surface area (TPSA) is 37.4 Å². The molecule has 2 amide bonds. The number of hydrogen-bond donors (Lipinski definition) is 0. The van der Waals surface area contributed by atoms with Crippen molar-refractivity contribution in [3.8, 4) is 0 Å². The van der Waals surface area contributed by atoms with Crippen molar-refractivity contribution in [3.63, 3.8) is 0 Å². The molecule has 1 aliphatic carbocycles. The second kappa shape index (κ2) is 5.17. The van der Waals surface area contributed by atoms with Gasteiger partial charge in [0.2, 0.25) is 0 Å². The fraction of sp³-hybridized carbons (Fsp3) is 0.167. The number of nitrogens with zero attached hydrogens (tertiary/aromatic N) is 1. The lowest BCUT2D eigenvalue weighted by Crippen LogP contribution is -2.31. The molecular formula is C24H17NO2. The number of amides is 2. The molecule has 3 heteroatoms. The van der Waals surface area contributed by atoms with Gasteiger partial charge >= 0.3 is 0 Å². The molecule has 3 nitrogen and oxygen atoms in total. The number of anilines is 1. The first-order chi connectivity index (χ1) is 13.2. The van der Waals surface area contributed by atoms with Gasteiger partial charge in [-0.05, 0) is 58.7 Å². The Bertz CT molecular complexity index is 1270. The largest absolute Gasteiger partial charge is 0.269 e. The van der Waals surface area contributed by atoms with Crippen LogP contribution in [0.25, 0.3) is 32.3 Å². The number of hydrogen-bond acceptors (Lipinski definition) is 2. The molecule has 0 unspecified atom stereocenters. The van der Waals surface area contributed by atoms with Gasteiger partial charge in [0.1, 0.15) is 0 Å². The number of carbonyl (C=O) groups is 2. The third kappa shape index (κ3) is 1.86. The van der Waals surface area contributed by atoms with Gasteiger partial charge in [0.15, 0.2) is 0 Å². The molecule has 0 atom stereocenters. The molecule has 0 saturated carbocycles. The van der Waals surface area contributed by atoms with Gasteiger partial charge in [0, 0.05) is 16.5 Å². The first-order valence-electron chi connectivity index (χ1n) is 9.51. The van der Waals surface area contributed by atoms with Crippen LogP contribution in [0.4, 0.5) is 5.69 Å². The first-order valence-corrected chi connectivity index (χ1v) is 9.51. The molecule has 1 aliphatic heterocycles. The normalized spacial score (nSPS) is 17.7.